The van der Waals surface area contributed by atoms with E-state index >= 15 is 0 Å². The average Bonchev–Trinajstić information content (AvgIpc) is 3.25. The summed E-state index contributed by atoms with van der Waals surface area (Å²) in [6.45, 7) is 8.78. The van der Waals surface area contributed by atoms with Crippen molar-refractivity contribution >= 4 is 16.8 Å². The van der Waals surface area contributed by atoms with Gasteiger partial charge in [0.15, 0.2) is 0 Å². The third kappa shape index (κ3) is 5.67. The van der Waals surface area contributed by atoms with Crippen LogP contribution in [0.1, 0.15) is 52.6 Å². The highest BCUT2D eigenvalue weighted by Crippen LogP contribution is 2.31. The quantitative estimate of drug-likeness (QED) is 0.340. The fraction of sp³-hybridized carbons (Fsp3) is 0.333. The maximum atomic E-state index is 14.5. The zero-order valence-corrected chi connectivity index (χ0v) is 22.4. The van der Waals surface area contributed by atoms with E-state index in [2.05, 4.69) is 34.8 Å². The van der Waals surface area contributed by atoms with E-state index in [1.807, 2.05) is 63.3 Å². The molecule has 6 nitrogen and oxygen atoms in total. The number of fused-ring (bicyclic) bond motifs is 1. The Kier molecular flexibility index (Phi) is 7.64. The average molecular weight is 503 g/mol. The van der Waals surface area contributed by atoms with E-state index in [1.54, 1.807) is 6.07 Å². The van der Waals surface area contributed by atoms with Gasteiger partial charge in [0, 0.05) is 58.6 Å². The molecule has 1 amide bonds. The molecule has 0 bridgehead atoms. The summed E-state index contributed by atoms with van der Waals surface area (Å²) in [7, 11) is 3.81. The second kappa shape index (κ2) is 10.7. The van der Waals surface area contributed by atoms with Crippen LogP contribution >= 0.6 is 0 Å². The summed E-state index contributed by atoms with van der Waals surface area (Å²) >= 11 is 0. The number of H-pyrrole nitrogens is 1. The summed E-state index contributed by atoms with van der Waals surface area (Å²) in [5.74, 6) is -0.450. The van der Waals surface area contributed by atoms with E-state index in [0.29, 0.717) is 36.2 Å². The largest absolute Gasteiger partial charge is 0.352 e. The minimum Gasteiger partial charge on any atom is -0.352 e. The van der Waals surface area contributed by atoms with E-state index in [-0.39, 0.29) is 23.3 Å². The second-order valence-corrected chi connectivity index (χ2v) is 10.3. The first-order chi connectivity index (χ1) is 17.5. The molecule has 0 atom stereocenters. The number of aromatic nitrogens is 2. The van der Waals surface area contributed by atoms with Crippen LogP contribution in [0.15, 0.2) is 53.5 Å². The Bertz CT molecular complexity index is 1510. The highest BCUT2D eigenvalue weighted by atomic mass is 19.1. The standard InChI is InChI=1S/C30H35FN4O2/c1-18(2)35-12-10-25-26(29(36)32-11-9-24-19(3)13-20(4)33-30(24)37)15-22(16-28(25)35)21-7-8-27(31)23(14-21)17-34(5)6/h7-8,10,12-16,18H,9,11,17H2,1-6H3,(H,32,36)(H,33,37). The Balaban J connectivity index is 1.70. The van der Waals surface area contributed by atoms with Gasteiger partial charge < -0.3 is 19.8 Å². The van der Waals surface area contributed by atoms with Crippen molar-refractivity contribution in [1.82, 2.24) is 19.8 Å². The number of halogens is 1. The van der Waals surface area contributed by atoms with Gasteiger partial charge in [0.2, 0.25) is 0 Å². The van der Waals surface area contributed by atoms with Gasteiger partial charge >= 0.3 is 0 Å². The van der Waals surface area contributed by atoms with Crippen LogP contribution in [0, 0.1) is 19.7 Å². The van der Waals surface area contributed by atoms with Gasteiger partial charge in [0.25, 0.3) is 11.5 Å². The molecule has 0 aliphatic carbocycles. The minimum absolute atomic E-state index is 0.116. The second-order valence-electron chi connectivity index (χ2n) is 10.3. The molecule has 0 aliphatic heterocycles. The summed E-state index contributed by atoms with van der Waals surface area (Å²) in [6.07, 6.45) is 2.43. The Morgan fingerprint density at radius 1 is 1.08 bits per heavy atom. The van der Waals surface area contributed by atoms with Gasteiger partial charge in [0.1, 0.15) is 5.82 Å². The molecule has 37 heavy (non-hydrogen) atoms. The zero-order valence-electron chi connectivity index (χ0n) is 22.4. The lowest BCUT2D eigenvalue weighted by atomic mass is 9.97. The van der Waals surface area contributed by atoms with E-state index in [9.17, 15) is 14.0 Å². The van der Waals surface area contributed by atoms with Crippen molar-refractivity contribution in [2.75, 3.05) is 20.6 Å². The lowest BCUT2D eigenvalue weighted by Crippen LogP contribution is -2.28. The van der Waals surface area contributed by atoms with Gasteiger partial charge in [-0.2, -0.15) is 0 Å². The molecule has 194 valence electrons. The first-order valence-electron chi connectivity index (χ1n) is 12.6. The molecule has 0 aliphatic rings. The van der Waals surface area contributed by atoms with Crippen LogP contribution in [-0.4, -0.2) is 41.0 Å². The van der Waals surface area contributed by atoms with Crippen molar-refractivity contribution < 1.29 is 9.18 Å². The predicted molar refractivity (Wildman–Crippen MR) is 148 cm³/mol. The molecule has 2 N–H and O–H groups in total. The topological polar surface area (TPSA) is 70.1 Å². The van der Waals surface area contributed by atoms with Gasteiger partial charge in [-0.25, -0.2) is 4.39 Å². The van der Waals surface area contributed by atoms with Crippen LogP contribution in [0.3, 0.4) is 0 Å². The number of hydrogen-bond acceptors (Lipinski definition) is 3. The number of hydrogen-bond donors (Lipinski definition) is 2. The molecule has 4 aromatic rings. The van der Waals surface area contributed by atoms with Crippen LogP contribution in [-0.2, 0) is 13.0 Å². The number of aryl methyl sites for hydroxylation is 2. The Morgan fingerprint density at radius 2 is 1.84 bits per heavy atom. The molecule has 2 heterocycles. The number of amides is 1. The molecule has 0 unspecified atom stereocenters. The van der Waals surface area contributed by atoms with Crippen LogP contribution in [0.5, 0.6) is 0 Å². The fourth-order valence-electron chi connectivity index (χ4n) is 4.87. The first-order valence-corrected chi connectivity index (χ1v) is 12.6. The molecular formula is C30H35FN4O2. The van der Waals surface area contributed by atoms with Crippen molar-refractivity contribution in [3.63, 3.8) is 0 Å². The predicted octanol–water partition coefficient (Wildman–Crippen LogP) is 5.37. The lowest BCUT2D eigenvalue weighted by molar-refractivity contribution is 0.0955. The van der Waals surface area contributed by atoms with Gasteiger partial charge in [-0.1, -0.05) is 6.07 Å². The third-order valence-electron chi connectivity index (χ3n) is 6.66. The number of carbonyl (C=O) groups is 1. The summed E-state index contributed by atoms with van der Waals surface area (Å²) in [5.41, 5.74) is 6.10. The maximum absolute atomic E-state index is 14.5. The number of pyridine rings is 1. The molecular weight excluding hydrogens is 467 g/mol. The van der Waals surface area contributed by atoms with Crippen LogP contribution in [0.4, 0.5) is 4.39 Å². The first kappa shape index (κ1) is 26.4. The van der Waals surface area contributed by atoms with Crippen LogP contribution in [0.2, 0.25) is 0 Å². The van der Waals surface area contributed by atoms with Gasteiger partial charge in [0.05, 0.1) is 0 Å². The number of nitrogens with zero attached hydrogens (tertiary/aromatic N) is 2. The number of aromatic amines is 1. The van der Waals surface area contributed by atoms with Gasteiger partial charge in [-0.05, 0) is 101 Å². The number of rotatable bonds is 8. The van der Waals surface area contributed by atoms with Gasteiger partial charge in [-0.15, -0.1) is 0 Å². The highest BCUT2D eigenvalue weighted by molar-refractivity contribution is 6.08. The molecule has 0 saturated heterocycles. The molecule has 4 rings (SSSR count). The van der Waals surface area contributed by atoms with E-state index in [4.69, 9.17) is 0 Å². The molecule has 2 aromatic carbocycles. The van der Waals surface area contributed by atoms with Crippen molar-refractivity contribution in [2.45, 2.75) is 46.7 Å². The summed E-state index contributed by atoms with van der Waals surface area (Å²) in [5, 5.41) is 3.86. The van der Waals surface area contributed by atoms with Crippen LogP contribution in [0.25, 0.3) is 22.0 Å². The van der Waals surface area contributed by atoms with Crippen LogP contribution < -0.4 is 10.9 Å². The van der Waals surface area contributed by atoms with Crippen molar-refractivity contribution in [3.05, 3.63) is 92.8 Å². The van der Waals surface area contributed by atoms with Gasteiger partial charge in [-0.3, -0.25) is 9.59 Å². The molecule has 0 saturated carbocycles. The van der Waals surface area contributed by atoms with E-state index < -0.39 is 0 Å². The molecule has 2 aromatic heterocycles. The SMILES string of the molecule is Cc1cc(C)c(CCNC(=O)c2cc(-c3ccc(F)c(CN(C)C)c3)cc3c2ccn3C(C)C)c(=O)[nH]1. The van der Waals surface area contributed by atoms with Crippen molar-refractivity contribution in [2.24, 2.45) is 0 Å². The normalized spacial score (nSPS) is 11.6. The zero-order chi connectivity index (χ0) is 26.9. The summed E-state index contributed by atoms with van der Waals surface area (Å²) in [4.78, 5) is 30.6. The maximum Gasteiger partial charge on any atom is 0.252 e. The van der Waals surface area contributed by atoms with E-state index in [1.165, 1.54) is 6.07 Å². The number of benzene rings is 2. The fourth-order valence-corrected chi connectivity index (χ4v) is 4.87. The summed E-state index contributed by atoms with van der Waals surface area (Å²) < 4.78 is 16.6. The highest BCUT2D eigenvalue weighted by Gasteiger charge is 2.17. The van der Waals surface area contributed by atoms with Crippen molar-refractivity contribution in [3.8, 4) is 11.1 Å². The Morgan fingerprint density at radius 3 is 2.51 bits per heavy atom. The smallest absolute Gasteiger partial charge is 0.252 e. The third-order valence-corrected chi connectivity index (χ3v) is 6.66. The molecule has 0 radical (unpaired) electrons. The number of nitrogens with one attached hydrogen (secondary N) is 2. The van der Waals surface area contributed by atoms with E-state index in [0.717, 1.165) is 33.3 Å². The Hall–Kier alpha value is -3.71. The minimum atomic E-state index is -0.247. The molecule has 7 heteroatoms. The summed E-state index contributed by atoms with van der Waals surface area (Å²) in [6, 6.07) is 13.1. The monoisotopic (exact) mass is 502 g/mol. The lowest BCUT2D eigenvalue weighted by Gasteiger charge is -2.15. The number of carbonyl (C=O) groups excluding carboxylic acids is 1. The Labute approximate surface area is 217 Å². The molecule has 0 spiro atoms. The molecule has 0 fully saturated rings. The van der Waals surface area contributed by atoms with Crippen molar-refractivity contribution in [1.29, 1.82) is 0 Å².